The zero-order valence-electron chi connectivity index (χ0n) is 17.4. The van der Waals surface area contributed by atoms with Crippen LogP contribution in [0.4, 0.5) is 0 Å². The van der Waals surface area contributed by atoms with E-state index in [2.05, 4.69) is 4.90 Å². The highest BCUT2D eigenvalue weighted by Crippen LogP contribution is 2.57. The van der Waals surface area contributed by atoms with Crippen LogP contribution in [0.3, 0.4) is 0 Å². The average molecular weight is 415 g/mol. The lowest BCUT2D eigenvalue weighted by Crippen LogP contribution is -2.36. The van der Waals surface area contributed by atoms with Crippen molar-refractivity contribution >= 4 is 0 Å². The highest BCUT2D eigenvalue weighted by molar-refractivity contribution is 5.63. The Balaban J connectivity index is 1.68. The van der Waals surface area contributed by atoms with E-state index < -0.39 is 12.4 Å². The van der Waals surface area contributed by atoms with Gasteiger partial charge >= 0.3 is 0 Å². The largest absolute Gasteiger partial charge is 0.493 e. The maximum atomic E-state index is 10.8. The second-order valence-electron chi connectivity index (χ2n) is 7.60. The van der Waals surface area contributed by atoms with Gasteiger partial charge in [0.15, 0.2) is 29.3 Å². The van der Waals surface area contributed by atoms with E-state index in [0.717, 1.165) is 29.7 Å². The van der Waals surface area contributed by atoms with E-state index in [4.69, 9.17) is 28.4 Å². The monoisotopic (exact) mass is 415 g/mol. The normalized spacial score (nSPS) is 24.4. The maximum Gasteiger partial charge on any atom is 0.231 e. The first kappa shape index (κ1) is 19.3. The standard InChI is InChI=1S/C22H25NO7/c1-23-8-7-11-9-14-20(29-10-28-14)21(27-4)15(11)17(23)18-12-5-6-13(25-2)19(26-3)16(12)22(24)30-18/h5-6,9,17-18,22,24H,7-8,10H2,1-4H3/t17-,18-,22+/m0/s1. The summed E-state index contributed by atoms with van der Waals surface area (Å²) >= 11 is 0. The van der Waals surface area contributed by atoms with Crippen LogP contribution in [0.15, 0.2) is 18.2 Å². The van der Waals surface area contributed by atoms with Gasteiger partial charge in [0.05, 0.1) is 32.9 Å². The minimum Gasteiger partial charge on any atom is -0.493 e. The molecule has 3 aliphatic heterocycles. The van der Waals surface area contributed by atoms with Gasteiger partial charge in [-0.15, -0.1) is 0 Å². The van der Waals surface area contributed by atoms with Crippen molar-refractivity contribution in [3.63, 3.8) is 0 Å². The molecule has 30 heavy (non-hydrogen) atoms. The van der Waals surface area contributed by atoms with E-state index in [-0.39, 0.29) is 12.8 Å². The molecule has 0 saturated carbocycles. The molecule has 0 radical (unpaired) electrons. The number of aliphatic hydroxyl groups excluding tert-OH is 1. The Morgan fingerprint density at radius 3 is 2.57 bits per heavy atom. The molecule has 0 aromatic heterocycles. The predicted octanol–water partition coefficient (Wildman–Crippen LogP) is 2.73. The molecule has 3 aliphatic rings. The van der Waals surface area contributed by atoms with Crippen LogP contribution in [0.1, 0.15) is 40.7 Å². The number of hydrogen-bond acceptors (Lipinski definition) is 8. The maximum absolute atomic E-state index is 10.8. The molecule has 3 heterocycles. The molecule has 0 fully saturated rings. The van der Waals surface area contributed by atoms with Crippen LogP contribution in [0.5, 0.6) is 28.7 Å². The van der Waals surface area contributed by atoms with Crippen molar-refractivity contribution in [2.24, 2.45) is 0 Å². The minimum absolute atomic E-state index is 0.174. The van der Waals surface area contributed by atoms with E-state index in [9.17, 15) is 5.11 Å². The molecule has 0 amide bonds. The van der Waals surface area contributed by atoms with Crippen molar-refractivity contribution in [3.8, 4) is 28.7 Å². The number of hydrogen-bond donors (Lipinski definition) is 1. The predicted molar refractivity (Wildman–Crippen MR) is 107 cm³/mol. The number of ether oxygens (including phenoxy) is 6. The smallest absolute Gasteiger partial charge is 0.231 e. The van der Waals surface area contributed by atoms with E-state index in [1.54, 1.807) is 21.3 Å². The average Bonchev–Trinajstić information content (AvgIpc) is 3.35. The fourth-order valence-electron chi connectivity index (χ4n) is 4.84. The molecule has 5 rings (SSSR count). The SMILES string of the molecule is COc1ccc2c(c1OC)[C@H](O)O[C@@H]2[C@@H]1c2c(cc3c(c2OC)OCO3)CCN1C. The van der Waals surface area contributed by atoms with E-state index in [1.807, 2.05) is 25.2 Å². The summed E-state index contributed by atoms with van der Waals surface area (Å²) in [6, 6.07) is 5.61. The lowest BCUT2D eigenvalue weighted by Gasteiger charge is -2.39. The van der Waals surface area contributed by atoms with Crippen molar-refractivity contribution in [1.82, 2.24) is 4.90 Å². The second kappa shape index (κ2) is 7.23. The Kier molecular flexibility index (Phi) is 4.65. The lowest BCUT2D eigenvalue weighted by atomic mass is 9.85. The molecule has 1 N–H and O–H groups in total. The number of rotatable bonds is 4. The summed E-state index contributed by atoms with van der Waals surface area (Å²) < 4.78 is 34.2. The Morgan fingerprint density at radius 2 is 1.83 bits per heavy atom. The molecule has 160 valence electrons. The quantitative estimate of drug-likeness (QED) is 0.817. The van der Waals surface area contributed by atoms with Crippen LogP contribution in [0.25, 0.3) is 0 Å². The number of nitrogens with zero attached hydrogens (tertiary/aromatic N) is 1. The summed E-state index contributed by atoms with van der Waals surface area (Å²) in [5.41, 5.74) is 3.59. The molecule has 8 heteroatoms. The molecule has 0 bridgehead atoms. The van der Waals surface area contributed by atoms with Gasteiger partial charge in [0.25, 0.3) is 0 Å². The third kappa shape index (κ3) is 2.64. The summed E-state index contributed by atoms with van der Waals surface area (Å²) in [5, 5.41) is 10.8. The molecule has 2 aromatic rings. The summed E-state index contributed by atoms with van der Waals surface area (Å²) in [4.78, 5) is 2.22. The minimum atomic E-state index is -1.12. The fraction of sp³-hybridized carbons (Fsp3) is 0.455. The second-order valence-corrected chi connectivity index (χ2v) is 7.60. The first-order chi connectivity index (χ1) is 14.6. The van der Waals surface area contributed by atoms with Gasteiger partial charge in [-0.2, -0.15) is 0 Å². The van der Waals surface area contributed by atoms with Crippen LogP contribution in [-0.2, 0) is 11.2 Å². The summed E-state index contributed by atoms with van der Waals surface area (Å²) in [6.07, 6.45) is -0.689. The number of likely N-dealkylation sites (N-methyl/N-ethyl adjacent to an activating group) is 1. The van der Waals surface area contributed by atoms with Crippen LogP contribution >= 0.6 is 0 Å². The van der Waals surface area contributed by atoms with Gasteiger partial charge in [-0.1, -0.05) is 6.07 Å². The topological polar surface area (TPSA) is 78.9 Å². The van der Waals surface area contributed by atoms with Crippen LogP contribution < -0.4 is 23.7 Å². The number of benzene rings is 2. The van der Waals surface area contributed by atoms with E-state index in [0.29, 0.717) is 34.3 Å². The van der Waals surface area contributed by atoms with Crippen molar-refractivity contribution in [2.75, 3.05) is 41.7 Å². The number of aliphatic hydroxyl groups is 1. The molecular formula is C22H25NO7. The van der Waals surface area contributed by atoms with Crippen molar-refractivity contribution in [2.45, 2.75) is 24.9 Å². The summed E-state index contributed by atoms with van der Waals surface area (Å²) in [5.74, 6) is 3.01. The van der Waals surface area contributed by atoms with Crippen LogP contribution in [-0.4, -0.2) is 51.7 Å². The third-order valence-corrected chi connectivity index (χ3v) is 6.19. The first-order valence-corrected chi connectivity index (χ1v) is 9.86. The van der Waals surface area contributed by atoms with Gasteiger partial charge in [0.1, 0.15) is 6.10 Å². The van der Waals surface area contributed by atoms with Crippen molar-refractivity contribution in [1.29, 1.82) is 0 Å². The molecule has 0 spiro atoms. The van der Waals surface area contributed by atoms with Gasteiger partial charge in [0.2, 0.25) is 12.5 Å². The molecule has 0 unspecified atom stereocenters. The highest BCUT2D eigenvalue weighted by Gasteiger charge is 2.45. The van der Waals surface area contributed by atoms with E-state index >= 15 is 0 Å². The van der Waals surface area contributed by atoms with E-state index in [1.165, 1.54) is 0 Å². The fourth-order valence-corrected chi connectivity index (χ4v) is 4.84. The molecule has 0 aliphatic carbocycles. The van der Waals surface area contributed by atoms with Gasteiger partial charge in [-0.3, -0.25) is 4.90 Å². The number of fused-ring (bicyclic) bond motifs is 3. The summed E-state index contributed by atoms with van der Waals surface area (Å²) in [7, 11) is 6.81. The zero-order valence-corrected chi connectivity index (χ0v) is 17.4. The van der Waals surface area contributed by atoms with Crippen molar-refractivity contribution in [3.05, 3.63) is 40.5 Å². The van der Waals surface area contributed by atoms with Crippen molar-refractivity contribution < 1.29 is 33.5 Å². The Labute approximate surface area is 174 Å². The third-order valence-electron chi connectivity index (χ3n) is 6.19. The Hall–Kier alpha value is -2.68. The molecule has 0 saturated heterocycles. The van der Waals surface area contributed by atoms with Gasteiger partial charge < -0.3 is 33.5 Å². The summed E-state index contributed by atoms with van der Waals surface area (Å²) in [6.45, 7) is 1.01. The molecule has 8 nitrogen and oxygen atoms in total. The van der Waals surface area contributed by atoms with Gasteiger partial charge in [0, 0.05) is 12.1 Å². The van der Waals surface area contributed by atoms with Crippen LogP contribution in [0, 0.1) is 0 Å². The van der Waals surface area contributed by atoms with Gasteiger partial charge in [-0.25, -0.2) is 0 Å². The van der Waals surface area contributed by atoms with Crippen LogP contribution in [0.2, 0.25) is 0 Å². The Morgan fingerprint density at radius 1 is 1.03 bits per heavy atom. The lowest BCUT2D eigenvalue weighted by molar-refractivity contribution is -0.142. The first-order valence-electron chi connectivity index (χ1n) is 9.86. The number of methoxy groups -OCH3 is 3. The molecule has 2 aromatic carbocycles. The Bertz CT molecular complexity index is 992. The van der Waals surface area contributed by atoms with Gasteiger partial charge in [-0.05, 0) is 36.7 Å². The highest BCUT2D eigenvalue weighted by atomic mass is 16.7. The molecule has 3 atom stereocenters. The molecular weight excluding hydrogens is 390 g/mol. The zero-order chi connectivity index (χ0) is 21.0.